The standard InChI is InChI=1S/C23H22FN5O2/c1-13-8-17-18(21(25)31)9-16(24)10-20(17)29(13)23-27-12-19(14(2)30)22(28-23)26-11-15-6-4-3-5-7-15/h3-10,12,14,30H,11H2,1-2H3,(H2,25,31)(H,26,27,28). The van der Waals surface area contributed by atoms with Crippen molar-refractivity contribution >= 4 is 22.6 Å². The highest BCUT2D eigenvalue weighted by atomic mass is 19.1. The molecule has 4 N–H and O–H groups in total. The fourth-order valence-corrected chi connectivity index (χ4v) is 3.59. The lowest BCUT2D eigenvalue weighted by Gasteiger charge is -2.15. The van der Waals surface area contributed by atoms with Crippen LogP contribution >= 0.6 is 0 Å². The molecule has 4 rings (SSSR count). The first kappa shape index (κ1) is 20.5. The fraction of sp³-hybridized carbons (Fsp3) is 0.174. The van der Waals surface area contributed by atoms with E-state index in [2.05, 4.69) is 15.3 Å². The SMILES string of the molecule is Cc1cc2c(C(N)=O)cc(F)cc2n1-c1ncc(C(C)O)c(NCc2ccccc2)n1. The number of hydrogen-bond donors (Lipinski definition) is 3. The zero-order chi connectivity index (χ0) is 22.1. The summed E-state index contributed by atoms with van der Waals surface area (Å²) >= 11 is 0. The number of anilines is 1. The van der Waals surface area contributed by atoms with Crippen molar-refractivity contribution in [2.45, 2.75) is 26.5 Å². The average molecular weight is 419 g/mol. The van der Waals surface area contributed by atoms with E-state index in [1.54, 1.807) is 23.8 Å². The highest BCUT2D eigenvalue weighted by Crippen LogP contribution is 2.28. The molecule has 0 bridgehead atoms. The third kappa shape index (κ3) is 3.97. The average Bonchev–Trinajstić information content (AvgIpc) is 3.07. The molecule has 0 aliphatic heterocycles. The molecule has 0 radical (unpaired) electrons. The van der Waals surface area contributed by atoms with Crippen molar-refractivity contribution in [3.8, 4) is 5.95 Å². The quantitative estimate of drug-likeness (QED) is 0.443. The number of halogens is 1. The summed E-state index contributed by atoms with van der Waals surface area (Å²) in [7, 11) is 0. The van der Waals surface area contributed by atoms with Crippen LogP contribution < -0.4 is 11.1 Å². The Morgan fingerprint density at radius 3 is 2.68 bits per heavy atom. The van der Waals surface area contributed by atoms with Gasteiger partial charge in [-0.05, 0) is 37.6 Å². The molecule has 0 fully saturated rings. The Kier molecular flexibility index (Phi) is 5.39. The normalized spacial score (nSPS) is 12.1. The van der Waals surface area contributed by atoms with Gasteiger partial charge in [-0.25, -0.2) is 9.37 Å². The van der Waals surface area contributed by atoms with E-state index in [1.807, 2.05) is 37.3 Å². The van der Waals surface area contributed by atoms with Crippen LogP contribution in [0.2, 0.25) is 0 Å². The molecule has 0 saturated heterocycles. The number of aromatic nitrogens is 3. The smallest absolute Gasteiger partial charge is 0.249 e. The lowest BCUT2D eigenvalue weighted by atomic mass is 10.1. The van der Waals surface area contributed by atoms with Gasteiger partial charge in [-0.2, -0.15) is 4.98 Å². The minimum atomic E-state index is -0.784. The summed E-state index contributed by atoms with van der Waals surface area (Å²) < 4.78 is 15.9. The molecule has 8 heteroatoms. The molecule has 2 aromatic heterocycles. The molecule has 31 heavy (non-hydrogen) atoms. The van der Waals surface area contributed by atoms with Crippen LogP contribution in [-0.2, 0) is 6.54 Å². The van der Waals surface area contributed by atoms with E-state index in [1.165, 1.54) is 6.07 Å². The number of aryl methyl sites for hydroxylation is 1. The Balaban J connectivity index is 1.82. The predicted molar refractivity (Wildman–Crippen MR) is 116 cm³/mol. The van der Waals surface area contributed by atoms with Gasteiger partial charge < -0.3 is 16.2 Å². The molecule has 0 spiro atoms. The molecule has 0 aliphatic rings. The molecule has 0 saturated carbocycles. The molecule has 4 aromatic rings. The van der Waals surface area contributed by atoms with Gasteiger partial charge in [0.05, 0.1) is 17.2 Å². The number of amides is 1. The highest BCUT2D eigenvalue weighted by molar-refractivity contribution is 6.06. The van der Waals surface area contributed by atoms with Crippen LogP contribution in [0, 0.1) is 12.7 Å². The van der Waals surface area contributed by atoms with Crippen LogP contribution in [-0.4, -0.2) is 25.5 Å². The van der Waals surface area contributed by atoms with Gasteiger partial charge in [0.25, 0.3) is 0 Å². The number of nitrogens with zero attached hydrogens (tertiary/aromatic N) is 3. The first-order valence-corrected chi connectivity index (χ1v) is 9.79. The largest absolute Gasteiger partial charge is 0.389 e. The first-order valence-electron chi connectivity index (χ1n) is 9.79. The number of benzene rings is 2. The molecule has 1 amide bonds. The van der Waals surface area contributed by atoms with Crippen molar-refractivity contribution in [1.82, 2.24) is 14.5 Å². The molecule has 158 valence electrons. The Hall–Kier alpha value is -3.78. The predicted octanol–water partition coefficient (Wildman–Crippen LogP) is 3.63. The molecular weight excluding hydrogens is 397 g/mol. The number of fused-ring (bicyclic) bond motifs is 1. The Bertz CT molecular complexity index is 1270. The molecule has 2 aromatic carbocycles. The lowest BCUT2D eigenvalue weighted by molar-refractivity contribution is 0.100. The number of carbonyl (C=O) groups is 1. The topological polar surface area (TPSA) is 106 Å². The maximum atomic E-state index is 14.2. The molecule has 0 aliphatic carbocycles. The van der Waals surface area contributed by atoms with E-state index in [0.29, 0.717) is 34.5 Å². The number of nitrogens with one attached hydrogen (secondary N) is 1. The molecule has 2 heterocycles. The van der Waals surface area contributed by atoms with Gasteiger partial charge >= 0.3 is 0 Å². The number of nitrogens with two attached hydrogens (primary N) is 1. The number of carbonyl (C=O) groups excluding carboxylic acids is 1. The third-order valence-electron chi connectivity index (χ3n) is 5.09. The number of hydrogen-bond acceptors (Lipinski definition) is 5. The van der Waals surface area contributed by atoms with Crippen LogP contribution in [0.15, 0.2) is 54.7 Å². The summed E-state index contributed by atoms with van der Waals surface area (Å²) in [4.78, 5) is 20.8. The highest BCUT2D eigenvalue weighted by Gasteiger charge is 2.19. The first-order chi connectivity index (χ1) is 14.8. The summed E-state index contributed by atoms with van der Waals surface area (Å²) in [6.07, 6.45) is 0.758. The second-order valence-electron chi connectivity index (χ2n) is 7.36. The van der Waals surface area contributed by atoms with Gasteiger partial charge in [-0.15, -0.1) is 0 Å². The van der Waals surface area contributed by atoms with Gasteiger partial charge in [0, 0.05) is 29.4 Å². The van der Waals surface area contributed by atoms with Crippen molar-refractivity contribution < 1.29 is 14.3 Å². The summed E-state index contributed by atoms with van der Waals surface area (Å²) in [5.41, 5.74) is 8.27. The number of aliphatic hydroxyl groups is 1. The van der Waals surface area contributed by atoms with Crippen LogP contribution in [0.1, 0.15) is 40.2 Å². The maximum Gasteiger partial charge on any atom is 0.249 e. The number of rotatable bonds is 6. The van der Waals surface area contributed by atoms with Crippen LogP contribution in [0.3, 0.4) is 0 Å². The van der Waals surface area contributed by atoms with E-state index in [9.17, 15) is 14.3 Å². The van der Waals surface area contributed by atoms with Crippen molar-refractivity contribution in [2.75, 3.05) is 5.32 Å². The van der Waals surface area contributed by atoms with E-state index >= 15 is 0 Å². The lowest BCUT2D eigenvalue weighted by Crippen LogP contribution is -2.12. The van der Waals surface area contributed by atoms with Crippen LogP contribution in [0.4, 0.5) is 10.2 Å². The zero-order valence-electron chi connectivity index (χ0n) is 17.1. The summed E-state index contributed by atoms with van der Waals surface area (Å²) in [5.74, 6) is -0.536. The van der Waals surface area contributed by atoms with E-state index in [0.717, 1.165) is 11.6 Å². The monoisotopic (exact) mass is 419 g/mol. The van der Waals surface area contributed by atoms with Crippen LogP contribution in [0.25, 0.3) is 16.9 Å². The third-order valence-corrected chi connectivity index (χ3v) is 5.09. The Morgan fingerprint density at radius 1 is 1.26 bits per heavy atom. The summed E-state index contributed by atoms with van der Waals surface area (Å²) in [6, 6.07) is 14.0. The van der Waals surface area contributed by atoms with Crippen LogP contribution in [0.5, 0.6) is 0 Å². The minimum absolute atomic E-state index is 0.0971. The maximum absolute atomic E-state index is 14.2. The number of aliphatic hydroxyl groups excluding tert-OH is 1. The molecule has 1 unspecified atom stereocenters. The summed E-state index contributed by atoms with van der Waals surface area (Å²) in [6.45, 7) is 3.95. The second kappa shape index (κ2) is 8.16. The molecular formula is C23H22FN5O2. The van der Waals surface area contributed by atoms with Gasteiger partial charge in [-0.1, -0.05) is 30.3 Å². The van der Waals surface area contributed by atoms with Gasteiger partial charge in [-0.3, -0.25) is 9.36 Å². The van der Waals surface area contributed by atoms with Crippen molar-refractivity contribution in [2.24, 2.45) is 5.73 Å². The van der Waals surface area contributed by atoms with E-state index < -0.39 is 17.8 Å². The van der Waals surface area contributed by atoms with Gasteiger partial charge in [0.15, 0.2) is 0 Å². The van der Waals surface area contributed by atoms with E-state index in [4.69, 9.17) is 5.73 Å². The zero-order valence-corrected chi connectivity index (χ0v) is 17.1. The Labute approximate surface area is 178 Å². The molecule has 7 nitrogen and oxygen atoms in total. The number of primary amides is 1. The van der Waals surface area contributed by atoms with E-state index in [-0.39, 0.29) is 11.5 Å². The minimum Gasteiger partial charge on any atom is -0.389 e. The van der Waals surface area contributed by atoms with Gasteiger partial charge in [0.1, 0.15) is 11.6 Å². The summed E-state index contributed by atoms with van der Waals surface area (Å²) in [5, 5.41) is 13.9. The second-order valence-corrected chi connectivity index (χ2v) is 7.36. The Morgan fingerprint density at radius 2 is 2.00 bits per heavy atom. The van der Waals surface area contributed by atoms with Crippen molar-refractivity contribution in [3.05, 3.63) is 82.9 Å². The molecule has 1 atom stereocenters. The van der Waals surface area contributed by atoms with Crippen molar-refractivity contribution in [3.63, 3.8) is 0 Å². The van der Waals surface area contributed by atoms with Crippen molar-refractivity contribution in [1.29, 1.82) is 0 Å². The fourth-order valence-electron chi connectivity index (χ4n) is 3.59. The van der Waals surface area contributed by atoms with Gasteiger partial charge in [0.2, 0.25) is 11.9 Å².